The fraction of sp³-hybridized carbons (Fsp3) is 0.167. The third-order valence-electron chi connectivity index (χ3n) is 2.98. The molecule has 0 amide bonds. The second-order valence-corrected chi connectivity index (χ2v) is 5.89. The van der Waals surface area contributed by atoms with Gasteiger partial charge in [-0.2, -0.15) is 0 Å². The van der Waals surface area contributed by atoms with Crippen molar-refractivity contribution in [1.29, 1.82) is 0 Å². The van der Waals surface area contributed by atoms with Crippen molar-refractivity contribution in [2.45, 2.75) is 30.1 Å². The predicted octanol–water partition coefficient (Wildman–Crippen LogP) is 4.35. The van der Waals surface area contributed by atoms with Crippen LogP contribution in [0.25, 0.3) is 0 Å². The number of carbonyl (C=O) groups excluding carboxylic acids is 2. The number of oxime groups is 1. The highest BCUT2D eigenvalue weighted by Crippen LogP contribution is 2.27. The molecule has 5 heteroatoms. The maximum atomic E-state index is 12.3. The van der Waals surface area contributed by atoms with Gasteiger partial charge < -0.3 is 4.84 Å². The molecular formula is C18H17NO3S. The van der Waals surface area contributed by atoms with Crippen LogP contribution in [0, 0.1) is 0 Å². The summed E-state index contributed by atoms with van der Waals surface area (Å²) in [5.74, 6) is -0.775. The lowest BCUT2D eigenvalue weighted by Crippen LogP contribution is -2.14. The van der Waals surface area contributed by atoms with Crippen molar-refractivity contribution in [3.8, 4) is 0 Å². The van der Waals surface area contributed by atoms with Crippen molar-refractivity contribution >= 4 is 29.2 Å². The Bertz CT molecular complexity index is 709. The maximum Gasteiger partial charge on any atom is 0.331 e. The summed E-state index contributed by atoms with van der Waals surface area (Å²) >= 11 is 1.63. The zero-order valence-corrected chi connectivity index (χ0v) is 13.8. The van der Waals surface area contributed by atoms with Crippen LogP contribution in [0.1, 0.15) is 30.6 Å². The van der Waals surface area contributed by atoms with E-state index < -0.39 is 5.97 Å². The van der Waals surface area contributed by atoms with Crippen LogP contribution in [0.2, 0.25) is 0 Å². The van der Waals surface area contributed by atoms with Crippen LogP contribution in [0.15, 0.2) is 69.5 Å². The van der Waals surface area contributed by atoms with Crippen LogP contribution < -0.4 is 0 Å². The molecule has 0 N–H and O–H groups in total. The Morgan fingerprint density at radius 1 is 1.00 bits per heavy atom. The molecule has 0 atom stereocenters. The second kappa shape index (κ2) is 8.29. The van der Waals surface area contributed by atoms with Crippen molar-refractivity contribution in [3.05, 3.63) is 60.2 Å². The molecule has 0 saturated carbocycles. The van der Waals surface area contributed by atoms with Crippen LogP contribution >= 0.6 is 11.8 Å². The lowest BCUT2D eigenvalue weighted by molar-refractivity contribution is -0.140. The largest absolute Gasteiger partial charge is 0.331 e. The topological polar surface area (TPSA) is 55.7 Å². The average molecular weight is 327 g/mol. The summed E-state index contributed by atoms with van der Waals surface area (Å²) < 4.78 is 0. The first kappa shape index (κ1) is 17.0. The van der Waals surface area contributed by atoms with Gasteiger partial charge in [0.2, 0.25) is 5.78 Å². The van der Waals surface area contributed by atoms with Crippen molar-refractivity contribution in [1.82, 2.24) is 0 Å². The molecule has 0 radical (unpaired) electrons. The summed E-state index contributed by atoms with van der Waals surface area (Å²) in [6.45, 7) is 3.04. The minimum Gasteiger partial charge on any atom is -0.318 e. The van der Waals surface area contributed by atoms with Gasteiger partial charge in [-0.15, -0.1) is 0 Å². The number of benzene rings is 2. The normalized spacial score (nSPS) is 11.1. The number of Topliss-reactive ketones (excluding diaryl/α,β-unsaturated/α-hetero) is 1. The molecule has 2 aromatic carbocycles. The van der Waals surface area contributed by atoms with Crippen LogP contribution in [-0.2, 0) is 9.63 Å². The molecule has 118 valence electrons. The predicted molar refractivity (Wildman–Crippen MR) is 90.8 cm³/mol. The Morgan fingerprint density at radius 2 is 1.61 bits per heavy atom. The fourth-order valence-corrected chi connectivity index (χ4v) is 2.69. The number of hydrogen-bond donors (Lipinski definition) is 0. The Hall–Kier alpha value is -2.40. The Balaban J connectivity index is 2.10. The van der Waals surface area contributed by atoms with E-state index in [1.54, 1.807) is 30.8 Å². The van der Waals surface area contributed by atoms with Gasteiger partial charge in [0, 0.05) is 22.3 Å². The highest BCUT2D eigenvalue weighted by atomic mass is 32.2. The van der Waals surface area contributed by atoms with E-state index in [2.05, 4.69) is 9.99 Å². The standard InChI is InChI=1S/C18H17NO3S/c1-3-17(19-22-13(2)20)18(21)14-9-11-16(12-10-14)23-15-7-5-4-6-8-15/h4-12H,3H2,1-2H3/b19-17+. The van der Waals surface area contributed by atoms with Gasteiger partial charge in [-0.3, -0.25) is 4.79 Å². The van der Waals surface area contributed by atoms with Gasteiger partial charge in [0.05, 0.1) is 0 Å². The highest BCUT2D eigenvalue weighted by molar-refractivity contribution is 7.99. The lowest BCUT2D eigenvalue weighted by Gasteiger charge is -2.05. The molecule has 0 aliphatic heterocycles. The first-order valence-electron chi connectivity index (χ1n) is 7.22. The van der Waals surface area contributed by atoms with Crippen LogP contribution in [0.4, 0.5) is 0 Å². The van der Waals surface area contributed by atoms with E-state index in [4.69, 9.17) is 0 Å². The van der Waals surface area contributed by atoms with E-state index in [1.807, 2.05) is 42.5 Å². The van der Waals surface area contributed by atoms with Crippen LogP contribution in [0.5, 0.6) is 0 Å². The molecule has 0 aromatic heterocycles. The monoisotopic (exact) mass is 327 g/mol. The van der Waals surface area contributed by atoms with Crippen molar-refractivity contribution in [2.24, 2.45) is 5.16 Å². The first-order valence-corrected chi connectivity index (χ1v) is 8.04. The summed E-state index contributed by atoms with van der Waals surface area (Å²) in [7, 11) is 0. The number of ketones is 1. The summed E-state index contributed by atoms with van der Waals surface area (Å²) in [5, 5.41) is 3.62. The van der Waals surface area contributed by atoms with Crippen molar-refractivity contribution < 1.29 is 14.4 Å². The van der Waals surface area contributed by atoms with Crippen molar-refractivity contribution in [2.75, 3.05) is 0 Å². The minimum atomic E-state index is -0.543. The molecule has 2 rings (SSSR count). The van der Waals surface area contributed by atoms with Gasteiger partial charge in [-0.25, -0.2) is 4.79 Å². The molecule has 0 spiro atoms. The Kier molecular flexibility index (Phi) is 6.11. The van der Waals surface area contributed by atoms with Gasteiger partial charge >= 0.3 is 5.97 Å². The third kappa shape index (κ3) is 5.07. The zero-order chi connectivity index (χ0) is 16.7. The molecule has 0 fully saturated rings. The van der Waals surface area contributed by atoms with Crippen LogP contribution in [-0.4, -0.2) is 17.5 Å². The van der Waals surface area contributed by atoms with Gasteiger partial charge in [-0.05, 0) is 42.8 Å². The second-order valence-electron chi connectivity index (χ2n) is 4.74. The smallest absolute Gasteiger partial charge is 0.318 e. The van der Waals surface area contributed by atoms with Gasteiger partial charge in [0.15, 0.2) is 0 Å². The highest BCUT2D eigenvalue weighted by Gasteiger charge is 2.13. The molecule has 2 aromatic rings. The van der Waals surface area contributed by atoms with E-state index in [9.17, 15) is 9.59 Å². The summed E-state index contributed by atoms with van der Waals surface area (Å²) in [4.78, 5) is 29.9. The molecule has 23 heavy (non-hydrogen) atoms. The van der Waals surface area contributed by atoms with Gasteiger partial charge in [-0.1, -0.05) is 42.0 Å². The number of rotatable bonds is 6. The lowest BCUT2D eigenvalue weighted by atomic mass is 10.1. The van der Waals surface area contributed by atoms with E-state index in [1.165, 1.54) is 6.92 Å². The average Bonchev–Trinajstić information content (AvgIpc) is 2.56. The molecule has 4 nitrogen and oxygen atoms in total. The maximum absolute atomic E-state index is 12.3. The van der Waals surface area contributed by atoms with Gasteiger partial charge in [0.25, 0.3) is 0 Å². The number of hydrogen-bond acceptors (Lipinski definition) is 5. The van der Waals surface area contributed by atoms with E-state index in [0.29, 0.717) is 12.0 Å². The third-order valence-corrected chi connectivity index (χ3v) is 3.99. The molecule has 0 bridgehead atoms. The van der Waals surface area contributed by atoms with Gasteiger partial charge in [0.1, 0.15) is 5.71 Å². The number of carbonyl (C=O) groups is 2. The summed E-state index contributed by atoms with van der Waals surface area (Å²) in [5.41, 5.74) is 0.749. The minimum absolute atomic E-state index is 0.226. The Morgan fingerprint density at radius 3 is 2.17 bits per heavy atom. The SMILES string of the molecule is CC/C(=N\OC(C)=O)C(=O)c1ccc(Sc2ccccc2)cc1. The molecule has 0 aliphatic carbocycles. The molecule has 0 saturated heterocycles. The number of nitrogens with zero attached hydrogens (tertiary/aromatic N) is 1. The molecule has 0 unspecified atom stereocenters. The van der Waals surface area contributed by atoms with E-state index >= 15 is 0 Å². The first-order chi connectivity index (χ1) is 11.1. The Labute approximate surface area is 139 Å². The van der Waals surface area contributed by atoms with Crippen LogP contribution in [0.3, 0.4) is 0 Å². The molecule has 0 aliphatic rings. The summed E-state index contributed by atoms with van der Waals surface area (Å²) in [6.07, 6.45) is 0.395. The molecule has 0 heterocycles. The quantitative estimate of drug-likeness (QED) is 0.342. The van der Waals surface area contributed by atoms with Crippen molar-refractivity contribution in [3.63, 3.8) is 0 Å². The fourth-order valence-electron chi connectivity index (χ4n) is 1.85. The zero-order valence-electron chi connectivity index (χ0n) is 13.0. The van der Waals surface area contributed by atoms with E-state index in [0.717, 1.165) is 9.79 Å². The molecular weight excluding hydrogens is 310 g/mol. The van der Waals surface area contributed by atoms with E-state index in [-0.39, 0.29) is 11.5 Å². The summed E-state index contributed by atoms with van der Waals surface area (Å²) in [6, 6.07) is 17.3.